The van der Waals surface area contributed by atoms with Crippen molar-refractivity contribution in [3.05, 3.63) is 71.9 Å². The van der Waals surface area contributed by atoms with Crippen molar-refractivity contribution in [1.29, 1.82) is 0 Å². The maximum Gasteiger partial charge on any atom is 0.153 e. The minimum absolute atomic E-state index is 0.0526. The van der Waals surface area contributed by atoms with E-state index in [9.17, 15) is 0 Å². The van der Waals surface area contributed by atoms with Crippen LogP contribution in [0.1, 0.15) is 24.1 Å². The molecule has 3 N–H and O–H groups in total. The molecule has 0 amide bonds. The zero-order valence-electron chi connectivity index (χ0n) is 11.7. The number of H-pyrrole nitrogens is 1. The quantitative estimate of drug-likeness (QED) is 0.765. The lowest BCUT2D eigenvalue weighted by atomic mass is 9.88. The summed E-state index contributed by atoms with van der Waals surface area (Å²) < 4.78 is 0. The van der Waals surface area contributed by atoms with Crippen molar-refractivity contribution in [2.45, 2.75) is 18.3 Å². The molecule has 2 aromatic carbocycles. The highest BCUT2D eigenvalue weighted by Crippen LogP contribution is 2.55. The fourth-order valence-corrected chi connectivity index (χ4v) is 3.16. The van der Waals surface area contributed by atoms with E-state index in [1.54, 1.807) is 0 Å². The molecule has 4 rings (SSSR count). The van der Waals surface area contributed by atoms with Crippen molar-refractivity contribution >= 4 is 5.82 Å². The van der Waals surface area contributed by atoms with Gasteiger partial charge in [0.25, 0.3) is 0 Å². The normalized spacial score (nSPS) is 15.8. The van der Waals surface area contributed by atoms with Gasteiger partial charge in [-0.15, -0.1) is 0 Å². The Balaban J connectivity index is 1.88. The maximum atomic E-state index is 6.13. The molecule has 3 heteroatoms. The lowest BCUT2D eigenvalue weighted by molar-refractivity contribution is 0.794. The van der Waals surface area contributed by atoms with E-state index in [-0.39, 0.29) is 5.41 Å². The topological polar surface area (TPSA) is 54.7 Å². The molecule has 3 aromatic rings. The summed E-state index contributed by atoms with van der Waals surface area (Å²) in [4.78, 5) is 0. The van der Waals surface area contributed by atoms with Crippen LogP contribution in [0, 0.1) is 0 Å². The van der Waals surface area contributed by atoms with Crippen LogP contribution in [0.2, 0.25) is 0 Å². The number of anilines is 1. The summed E-state index contributed by atoms with van der Waals surface area (Å²) in [5.74, 6) is 0.582. The Bertz CT molecular complexity index is 756. The Morgan fingerprint density at radius 3 is 2.14 bits per heavy atom. The molecule has 0 radical (unpaired) electrons. The van der Waals surface area contributed by atoms with Crippen LogP contribution >= 0.6 is 0 Å². The van der Waals surface area contributed by atoms with Gasteiger partial charge in [0.2, 0.25) is 0 Å². The van der Waals surface area contributed by atoms with Crippen molar-refractivity contribution in [2.24, 2.45) is 0 Å². The summed E-state index contributed by atoms with van der Waals surface area (Å²) >= 11 is 0. The van der Waals surface area contributed by atoms with E-state index in [1.807, 2.05) is 18.2 Å². The summed E-state index contributed by atoms with van der Waals surface area (Å²) in [6.07, 6.45) is 2.27. The summed E-state index contributed by atoms with van der Waals surface area (Å²) in [5.41, 5.74) is 10.9. The van der Waals surface area contributed by atoms with Crippen LogP contribution in [-0.2, 0) is 5.41 Å². The molecule has 1 aromatic heterocycles. The molecule has 1 heterocycles. The monoisotopic (exact) mass is 275 g/mol. The minimum Gasteiger partial charge on any atom is -0.382 e. The van der Waals surface area contributed by atoms with E-state index in [4.69, 9.17) is 5.73 Å². The van der Waals surface area contributed by atoms with E-state index in [0.29, 0.717) is 5.82 Å². The van der Waals surface area contributed by atoms with Gasteiger partial charge < -0.3 is 5.73 Å². The standard InChI is InChI=1S/C18H17N3/c19-17-15(13-7-3-1-4-8-13)16(20-21-17)18(11-12-18)14-9-5-2-6-10-14/h1-10H,11-12H2,(H3,19,20,21). The highest BCUT2D eigenvalue weighted by atomic mass is 15.2. The van der Waals surface area contributed by atoms with Gasteiger partial charge >= 0.3 is 0 Å². The predicted octanol–water partition coefficient (Wildman–Crippen LogP) is 3.74. The highest BCUT2D eigenvalue weighted by Gasteiger charge is 2.49. The van der Waals surface area contributed by atoms with Gasteiger partial charge in [0.1, 0.15) is 0 Å². The summed E-state index contributed by atoms with van der Waals surface area (Å²) in [6.45, 7) is 0. The summed E-state index contributed by atoms with van der Waals surface area (Å²) in [7, 11) is 0. The summed E-state index contributed by atoms with van der Waals surface area (Å²) in [5, 5.41) is 7.48. The van der Waals surface area contributed by atoms with Crippen LogP contribution in [-0.4, -0.2) is 10.2 Å². The molecule has 1 fully saturated rings. The highest BCUT2D eigenvalue weighted by molar-refractivity contribution is 5.78. The molecule has 0 spiro atoms. The number of nitrogens with two attached hydrogens (primary N) is 1. The van der Waals surface area contributed by atoms with Gasteiger partial charge in [-0.25, -0.2) is 0 Å². The third-order valence-corrected chi connectivity index (χ3v) is 4.41. The van der Waals surface area contributed by atoms with Gasteiger partial charge in [-0.05, 0) is 24.0 Å². The second kappa shape index (κ2) is 4.48. The van der Waals surface area contributed by atoms with Crippen LogP contribution in [0.3, 0.4) is 0 Å². The van der Waals surface area contributed by atoms with Crippen molar-refractivity contribution in [1.82, 2.24) is 10.2 Å². The first-order valence-corrected chi connectivity index (χ1v) is 7.26. The van der Waals surface area contributed by atoms with E-state index < -0.39 is 0 Å². The van der Waals surface area contributed by atoms with E-state index in [2.05, 4.69) is 52.7 Å². The number of benzene rings is 2. The van der Waals surface area contributed by atoms with Crippen LogP contribution in [0.5, 0.6) is 0 Å². The predicted molar refractivity (Wildman–Crippen MR) is 84.9 cm³/mol. The number of hydrogen-bond donors (Lipinski definition) is 2. The van der Waals surface area contributed by atoms with E-state index in [1.165, 1.54) is 5.56 Å². The van der Waals surface area contributed by atoms with Crippen LogP contribution in [0.4, 0.5) is 5.82 Å². The first kappa shape index (κ1) is 12.2. The van der Waals surface area contributed by atoms with E-state index in [0.717, 1.165) is 29.7 Å². The third kappa shape index (κ3) is 1.85. The maximum absolute atomic E-state index is 6.13. The molecule has 1 aliphatic rings. The molecular weight excluding hydrogens is 258 g/mol. The lowest BCUT2D eigenvalue weighted by Gasteiger charge is -2.16. The number of rotatable bonds is 3. The number of nitrogens with one attached hydrogen (secondary N) is 1. The molecule has 3 nitrogen and oxygen atoms in total. The first-order valence-electron chi connectivity index (χ1n) is 7.26. The number of nitrogens with zero attached hydrogens (tertiary/aromatic N) is 1. The fraction of sp³-hybridized carbons (Fsp3) is 0.167. The Kier molecular flexibility index (Phi) is 2.61. The Morgan fingerprint density at radius 1 is 0.905 bits per heavy atom. The molecule has 104 valence electrons. The van der Waals surface area contributed by atoms with Crippen molar-refractivity contribution in [2.75, 3.05) is 5.73 Å². The molecule has 0 aliphatic heterocycles. The van der Waals surface area contributed by atoms with Gasteiger partial charge in [-0.3, -0.25) is 5.10 Å². The smallest absolute Gasteiger partial charge is 0.153 e. The van der Waals surface area contributed by atoms with Gasteiger partial charge in [0.15, 0.2) is 5.82 Å². The average Bonchev–Trinajstić information content (AvgIpc) is 3.26. The van der Waals surface area contributed by atoms with Gasteiger partial charge in [-0.2, -0.15) is 5.10 Å². The lowest BCUT2D eigenvalue weighted by Crippen LogP contribution is -2.10. The van der Waals surface area contributed by atoms with Crippen LogP contribution in [0.15, 0.2) is 60.7 Å². The zero-order chi connectivity index (χ0) is 14.3. The second-order valence-corrected chi connectivity index (χ2v) is 5.67. The summed E-state index contributed by atoms with van der Waals surface area (Å²) in [6, 6.07) is 20.9. The third-order valence-electron chi connectivity index (χ3n) is 4.41. The Hall–Kier alpha value is -2.55. The van der Waals surface area contributed by atoms with Crippen LogP contribution in [0.25, 0.3) is 11.1 Å². The van der Waals surface area contributed by atoms with Gasteiger partial charge in [0.05, 0.1) is 5.69 Å². The molecule has 0 unspecified atom stereocenters. The number of aromatic nitrogens is 2. The van der Waals surface area contributed by atoms with Gasteiger partial charge in [0, 0.05) is 11.0 Å². The number of aromatic amines is 1. The second-order valence-electron chi connectivity index (χ2n) is 5.67. The van der Waals surface area contributed by atoms with Crippen molar-refractivity contribution in [3.8, 4) is 11.1 Å². The molecule has 0 atom stereocenters. The van der Waals surface area contributed by atoms with Gasteiger partial charge in [-0.1, -0.05) is 60.7 Å². The van der Waals surface area contributed by atoms with Crippen molar-refractivity contribution < 1.29 is 0 Å². The fourth-order valence-electron chi connectivity index (χ4n) is 3.16. The molecule has 0 saturated heterocycles. The van der Waals surface area contributed by atoms with E-state index >= 15 is 0 Å². The molecular formula is C18H17N3. The average molecular weight is 275 g/mol. The van der Waals surface area contributed by atoms with Crippen molar-refractivity contribution in [3.63, 3.8) is 0 Å². The first-order chi connectivity index (χ1) is 10.3. The molecule has 1 saturated carbocycles. The largest absolute Gasteiger partial charge is 0.382 e. The minimum atomic E-state index is 0.0526. The Labute approximate surface area is 123 Å². The van der Waals surface area contributed by atoms with Crippen LogP contribution < -0.4 is 5.73 Å². The molecule has 0 bridgehead atoms. The number of hydrogen-bond acceptors (Lipinski definition) is 2. The Morgan fingerprint density at radius 2 is 1.52 bits per heavy atom. The number of nitrogen functional groups attached to an aromatic ring is 1. The zero-order valence-corrected chi connectivity index (χ0v) is 11.7. The SMILES string of the molecule is Nc1n[nH]c(C2(c3ccccc3)CC2)c1-c1ccccc1. The molecule has 1 aliphatic carbocycles. The molecule has 21 heavy (non-hydrogen) atoms.